The number of aryl methyl sites for hydroxylation is 2. The summed E-state index contributed by atoms with van der Waals surface area (Å²) in [5, 5.41) is 14.5. The summed E-state index contributed by atoms with van der Waals surface area (Å²) in [4.78, 5) is 22.1. The molecule has 0 spiro atoms. The molecule has 2 aromatic rings. The van der Waals surface area contributed by atoms with Crippen LogP contribution in [0.2, 0.25) is 0 Å². The highest BCUT2D eigenvalue weighted by Crippen LogP contribution is 2.30. The zero-order valence-corrected chi connectivity index (χ0v) is 16.4. The number of rotatable bonds is 7. The fourth-order valence-electron chi connectivity index (χ4n) is 2.30. The van der Waals surface area contributed by atoms with E-state index >= 15 is 0 Å². The van der Waals surface area contributed by atoms with Crippen molar-refractivity contribution in [3.05, 3.63) is 73.8 Å². The molecule has 0 aliphatic heterocycles. The Morgan fingerprint density at radius 3 is 2.81 bits per heavy atom. The summed E-state index contributed by atoms with van der Waals surface area (Å²) in [6.07, 6.45) is 4.59. The van der Waals surface area contributed by atoms with Crippen LogP contribution in [0.15, 0.2) is 52.0 Å². The molecule has 0 bridgehead atoms. The van der Waals surface area contributed by atoms with E-state index in [1.165, 1.54) is 18.3 Å². The molecule has 0 fully saturated rings. The molecule has 8 heteroatoms. The van der Waals surface area contributed by atoms with Gasteiger partial charge in [-0.25, -0.2) is 5.43 Å². The van der Waals surface area contributed by atoms with Gasteiger partial charge in [0.1, 0.15) is 5.75 Å². The Kier molecular flexibility index (Phi) is 7.25. The minimum atomic E-state index is -0.459. The molecule has 140 valence electrons. The molecule has 0 saturated carbocycles. The lowest BCUT2D eigenvalue weighted by Gasteiger charge is -2.11. The third kappa shape index (κ3) is 6.34. The molecule has 7 nitrogen and oxygen atoms in total. The van der Waals surface area contributed by atoms with Crippen molar-refractivity contribution in [2.45, 2.75) is 13.8 Å². The van der Waals surface area contributed by atoms with Gasteiger partial charge in [0.05, 0.1) is 9.40 Å². The number of benzene rings is 2. The predicted molar refractivity (Wildman–Crippen MR) is 108 cm³/mol. The number of nitrogens with one attached hydrogen (secondary N) is 1. The first-order valence-electron chi connectivity index (χ1n) is 7.99. The van der Waals surface area contributed by atoms with Gasteiger partial charge >= 0.3 is 0 Å². The molecule has 0 unspecified atom stereocenters. The Balaban J connectivity index is 1.83. The molecular formula is C19H18BrN3O4. The van der Waals surface area contributed by atoms with Gasteiger partial charge in [0.25, 0.3) is 11.6 Å². The van der Waals surface area contributed by atoms with Crippen molar-refractivity contribution in [3.8, 4) is 5.75 Å². The van der Waals surface area contributed by atoms with Gasteiger partial charge in [-0.05, 0) is 58.6 Å². The molecule has 0 atom stereocenters. The molecule has 0 aliphatic carbocycles. The zero-order chi connectivity index (χ0) is 19.8. The number of amides is 1. The van der Waals surface area contributed by atoms with Crippen molar-refractivity contribution >= 4 is 39.8 Å². The van der Waals surface area contributed by atoms with Crippen molar-refractivity contribution in [3.63, 3.8) is 0 Å². The Morgan fingerprint density at radius 2 is 2.11 bits per heavy atom. The number of nitro benzene ring substituents is 1. The van der Waals surface area contributed by atoms with Crippen LogP contribution in [0.1, 0.15) is 16.7 Å². The van der Waals surface area contributed by atoms with Crippen LogP contribution < -0.4 is 10.2 Å². The van der Waals surface area contributed by atoms with Gasteiger partial charge in [0.15, 0.2) is 6.61 Å². The fraction of sp³-hybridized carbons (Fsp3) is 0.158. The van der Waals surface area contributed by atoms with Gasteiger partial charge < -0.3 is 4.74 Å². The van der Waals surface area contributed by atoms with Crippen molar-refractivity contribution in [2.75, 3.05) is 6.61 Å². The van der Waals surface area contributed by atoms with Crippen LogP contribution in [0.5, 0.6) is 5.75 Å². The summed E-state index contributed by atoms with van der Waals surface area (Å²) in [7, 11) is 0. The van der Waals surface area contributed by atoms with E-state index in [4.69, 9.17) is 4.74 Å². The standard InChI is InChI=1S/C19H18BrN3O4/c1-13-9-14(2)19(17(20)10-13)27-12-18(24)22-21-8-4-6-15-5-3-7-16(11-15)23(25)26/h3-11H,12H2,1-2H3,(H,22,24)/b6-4-,21-8?. The van der Waals surface area contributed by atoms with Crippen LogP contribution in [-0.4, -0.2) is 23.7 Å². The van der Waals surface area contributed by atoms with Crippen molar-refractivity contribution in [2.24, 2.45) is 5.10 Å². The Labute approximate surface area is 165 Å². The number of non-ortho nitro benzene ring substituents is 1. The molecule has 1 amide bonds. The van der Waals surface area contributed by atoms with Gasteiger partial charge in [-0.1, -0.05) is 24.3 Å². The van der Waals surface area contributed by atoms with E-state index in [-0.39, 0.29) is 12.3 Å². The molecule has 1 N–H and O–H groups in total. The van der Waals surface area contributed by atoms with E-state index in [1.807, 2.05) is 26.0 Å². The number of carbonyl (C=O) groups excluding carboxylic acids is 1. The van der Waals surface area contributed by atoms with Crippen molar-refractivity contribution in [1.82, 2.24) is 5.43 Å². The van der Waals surface area contributed by atoms with E-state index in [0.717, 1.165) is 15.6 Å². The lowest BCUT2D eigenvalue weighted by atomic mass is 10.1. The molecule has 27 heavy (non-hydrogen) atoms. The molecule has 0 aromatic heterocycles. The van der Waals surface area contributed by atoms with E-state index in [2.05, 4.69) is 26.5 Å². The van der Waals surface area contributed by atoms with Gasteiger partial charge in [0, 0.05) is 18.3 Å². The molecule has 0 saturated heterocycles. The number of carbonyl (C=O) groups is 1. The van der Waals surface area contributed by atoms with Crippen LogP contribution in [0.3, 0.4) is 0 Å². The summed E-state index contributed by atoms with van der Waals surface area (Å²) < 4.78 is 6.32. The maximum Gasteiger partial charge on any atom is 0.277 e. The number of hydrazone groups is 1. The maximum atomic E-state index is 11.8. The smallest absolute Gasteiger partial charge is 0.277 e. The number of nitro groups is 1. The maximum absolute atomic E-state index is 11.8. The van der Waals surface area contributed by atoms with E-state index in [0.29, 0.717) is 11.3 Å². The largest absolute Gasteiger partial charge is 0.482 e. The Hall–Kier alpha value is -3.00. The first-order chi connectivity index (χ1) is 12.9. The molecule has 0 heterocycles. The Morgan fingerprint density at radius 1 is 1.33 bits per heavy atom. The minimum Gasteiger partial charge on any atom is -0.482 e. The van der Waals surface area contributed by atoms with E-state index in [9.17, 15) is 14.9 Å². The summed E-state index contributed by atoms with van der Waals surface area (Å²) in [5.41, 5.74) is 5.04. The number of hydrogen-bond acceptors (Lipinski definition) is 5. The van der Waals surface area contributed by atoms with Crippen molar-refractivity contribution in [1.29, 1.82) is 0 Å². The zero-order valence-electron chi connectivity index (χ0n) is 14.8. The predicted octanol–water partition coefficient (Wildman–Crippen LogP) is 4.17. The summed E-state index contributed by atoms with van der Waals surface area (Å²) >= 11 is 3.42. The van der Waals surface area contributed by atoms with Crippen LogP contribution in [0, 0.1) is 24.0 Å². The average Bonchev–Trinajstić information content (AvgIpc) is 2.60. The second kappa shape index (κ2) is 9.63. The summed E-state index contributed by atoms with van der Waals surface area (Å²) in [6.45, 7) is 3.71. The molecule has 0 aliphatic rings. The quantitative estimate of drug-likeness (QED) is 0.404. The first-order valence-corrected chi connectivity index (χ1v) is 8.78. The molecule has 2 aromatic carbocycles. The van der Waals surface area contributed by atoms with Gasteiger partial charge in [0.2, 0.25) is 0 Å². The lowest BCUT2D eigenvalue weighted by molar-refractivity contribution is -0.384. The van der Waals surface area contributed by atoms with Gasteiger partial charge in [-0.2, -0.15) is 5.10 Å². The highest BCUT2D eigenvalue weighted by Gasteiger charge is 2.08. The van der Waals surface area contributed by atoms with Gasteiger partial charge in [-0.3, -0.25) is 14.9 Å². The Bertz CT molecular complexity index is 887. The normalized spacial score (nSPS) is 11.1. The lowest BCUT2D eigenvalue weighted by Crippen LogP contribution is -2.24. The number of ether oxygens (including phenoxy) is 1. The third-order valence-electron chi connectivity index (χ3n) is 3.44. The van der Waals surface area contributed by atoms with Crippen LogP contribution >= 0.6 is 15.9 Å². The highest BCUT2D eigenvalue weighted by atomic mass is 79.9. The number of halogens is 1. The van der Waals surface area contributed by atoms with Crippen LogP contribution in [0.4, 0.5) is 5.69 Å². The summed E-state index contributed by atoms with van der Waals surface area (Å²) in [5.74, 6) is 0.215. The van der Waals surface area contributed by atoms with Gasteiger partial charge in [-0.15, -0.1) is 0 Å². The molecule has 2 rings (SSSR count). The van der Waals surface area contributed by atoms with Crippen molar-refractivity contribution < 1.29 is 14.5 Å². The second-order valence-corrected chi connectivity index (χ2v) is 6.56. The highest BCUT2D eigenvalue weighted by molar-refractivity contribution is 9.10. The second-order valence-electron chi connectivity index (χ2n) is 5.71. The first kappa shape index (κ1) is 20.3. The van der Waals surface area contributed by atoms with E-state index in [1.54, 1.807) is 24.3 Å². The monoisotopic (exact) mass is 431 g/mol. The number of allylic oxidation sites excluding steroid dienone is 1. The number of nitrogens with zero attached hydrogens (tertiary/aromatic N) is 2. The van der Waals surface area contributed by atoms with E-state index < -0.39 is 10.8 Å². The molecular weight excluding hydrogens is 414 g/mol. The van der Waals surface area contributed by atoms with Crippen LogP contribution in [-0.2, 0) is 4.79 Å². The SMILES string of the molecule is Cc1cc(C)c(OCC(=O)NN=C/C=C\c2cccc([N+](=O)[O-])c2)c(Br)c1. The molecule has 0 radical (unpaired) electrons. The number of hydrogen-bond donors (Lipinski definition) is 1. The minimum absolute atomic E-state index is 0.0112. The van der Waals surface area contributed by atoms with Crippen LogP contribution in [0.25, 0.3) is 6.08 Å². The fourth-order valence-corrected chi connectivity index (χ4v) is 3.09. The topological polar surface area (TPSA) is 93.8 Å². The average molecular weight is 432 g/mol. The summed E-state index contributed by atoms with van der Waals surface area (Å²) in [6, 6.07) is 10.1. The third-order valence-corrected chi connectivity index (χ3v) is 4.03.